The summed E-state index contributed by atoms with van der Waals surface area (Å²) in [6, 6.07) is 0.807. The predicted octanol–water partition coefficient (Wildman–Crippen LogP) is -0.960. The number of amides is 2. The van der Waals surface area contributed by atoms with Crippen molar-refractivity contribution in [2.24, 2.45) is 5.73 Å². The molecule has 2 N–H and O–H groups in total. The van der Waals surface area contributed by atoms with Crippen LogP contribution in [0.4, 0.5) is 0 Å². The standard InChI is InChI=1S/C15H23N5O3/c1-3-18(4-2)14(22)12-8-11(16)9-20(12)13(21)10-19-7-5-6-17-15(19)23/h5-7,11-12H,3-4,8-10,16H2,1-2H3/t11-,12-/m0/s1. The van der Waals surface area contributed by atoms with E-state index in [4.69, 9.17) is 5.73 Å². The molecule has 2 rings (SSSR count). The van der Waals surface area contributed by atoms with Crippen LogP contribution < -0.4 is 11.4 Å². The van der Waals surface area contributed by atoms with Gasteiger partial charge in [-0.15, -0.1) is 0 Å². The number of likely N-dealkylation sites (N-methyl/N-ethyl adjacent to an activating group) is 1. The second-order valence-electron chi connectivity index (χ2n) is 5.60. The summed E-state index contributed by atoms with van der Waals surface area (Å²) in [5, 5.41) is 0. The van der Waals surface area contributed by atoms with Crippen LogP contribution in [0.5, 0.6) is 0 Å². The van der Waals surface area contributed by atoms with Crippen LogP contribution in [0.2, 0.25) is 0 Å². The Labute approximate surface area is 134 Å². The zero-order valence-corrected chi connectivity index (χ0v) is 13.5. The van der Waals surface area contributed by atoms with Crippen molar-refractivity contribution in [3.63, 3.8) is 0 Å². The van der Waals surface area contributed by atoms with Gasteiger partial charge in [-0.2, -0.15) is 0 Å². The minimum Gasteiger partial charge on any atom is -0.341 e. The molecule has 23 heavy (non-hydrogen) atoms. The number of carbonyl (C=O) groups excluding carboxylic acids is 2. The highest BCUT2D eigenvalue weighted by atomic mass is 16.2. The molecule has 8 heteroatoms. The molecule has 0 bridgehead atoms. The Morgan fingerprint density at radius 1 is 1.39 bits per heavy atom. The van der Waals surface area contributed by atoms with Crippen LogP contribution in [-0.2, 0) is 16.1 Å². The number of carbonyl (C=O) groups is 2. The van der Waals surface area contributed by atoms with Gasteiger partial charge < -0.3 is 15.5 Å². The number of aromatic nitrogens is 2. The SMILES string of the molecule is CCN(CC)C(=O)[C@@H]1C[C@H](N)CN1C(=O)Cn1cccnc1=O. The molecule has 8 nitrogen and oxygen atoms in total. The Bertz CT molecular complexity index is 626. The van der Waals surface area contributed by atoms with Crippen LogP contribution in [0.25, 0.3) is 0 Å². The van der Waals surface area contributed by atoms with Crippen LogP contribution >= 0.6 is 0 Å². The molecule has 126 valence electrons. The highest BCUT2D eigenvalue weighted by Crippen LogP contribution is 2.19. The number of likely N-dealkylation sites (tertiary alicyclic amines) is 1. The first-order chi connectivity index (χ1) is 11.0. The van der Waals surface area contributed by atoms with E-state index in [-0.39, 0.29) is 24.4 Å². The van der Waals surface area contributed by atoms with Crippen molar-refractivity contribution in [1.82, 2.24) is 19.4 Å². The van der Waals surface area contributed by atoms with Crippen molar-refractivity contribution in [1.29, 1.82) is 0 Å². The number of nitrogens with two attached hydrogens (primary N) is 1. The molecule has 0 aromatic carbocycles. The molecule has 1 fully saturated rings. The summed E-state index contributed by atoms with van der Waals surface area (Å²) in [6.45, 7) is 5.17. The fourth-order valence-electron chi connectivity index (χ4n) is 2.87. The fraction of sp³-hybridized carbons (Fsp3) is 0.600. The Balaban J connectivity index is 2.15. The summed E-state index contributed by atoms with van der Waals surface area (Å²) in [5.41, 5.74) is 5.46. The van der Waals surface area contributed by atoms with Gasteiger partial charge in [0.05, 0.1) is 0 Å². The molecule has 0 spiro atoms. The van der Waals surface area contributed by atoms with Gasteiger partial charge in [-0.3, -0.25) is 14.2 Å². The molecule has 1 aliphatic heterocycles. The number of rotatable bonds is 5. The molecule has 1 aliphatic rings. The van der Waals surface area contributed by atoms with Gasteiger partial charge >= 0.3 is 5.69 Å². The zero-order chi connectivity index (χ0) is 17.0. The molecule has 1 aromatic rings. The molecule has 2 heterocycles. The first-order valence-corrected chi connectivity index (χ1v) is 7.83. The third-order valence-corrected chi connectivity index (χ3v) is 4.10. The van der Waals surface area contributed by atoms with Crippen molar-refractivity contribution < 1.29 is 9.59 Å². The van der Waals surface area contributed by atoms with E-state index in [1.807, 2.05) is 13.8 Å². The largest absolute Gasteiger partial charge is 0.347 e. The van der Waals surface area contributed by atoms with Crippen LogP contribution in [0, 0.1) is 0 Å². The second-order valence-corrected chi connectivity index (χ2v) is 5.60. The van der Waals surface area contributed by atoms with E-state index < -0.39 is 11.7 Å². The summed E-state index contributed by atoms with van der Waals surface area (Å²) in [4.78, 5) is 43.6. The summed E-state index contributed by atoms with van der Waals surface area (Å²) in [5.74, 6) is -0.381. The van der Waals surface area contributed by atoms with Gasteiger partial charge in [0.2, 0.25) is 11.8 Å². The van der Waals surface area contributed by atoms with Gasteiger partial charge in [0.1, 0.15) is 12.6 Å². The Hall–Kier alpha value is -2.22. The molecule has 0 saturated carbocycles. The average molecular weight is 321 g/mol. The Morgan fingerprint density at radius 2 is 2.09 bits per heavy atom. The first kappa shape index (κ1) is 17.1. The lowest BCUT2D eigenvalue weighted by Gasteiger charge is -2.29. The molecule has 0 unspecified atom stereocenters. The van der Waals surface area contributed by atoms with Crippen LogP contribution in [0.1, 0.15) is 20.3 Å². The summed E-state index contributed by atoms with van der Waals surface area (Å²) in [7, 11) is 0. The summed E-state index contributed by atoms with van der Waals surface area (Å²) < 4.78 is 1.23. The van der Waals surface area contributed by atoms with E-state index in [0.29, 0.717) is 26.1 Å². The highest BCUT2D eigenvalue weighted by Gasteiger charge is 2.39. The lowest BCUT2D eigenvalue weighted by atomic mass is 10.1. The van der Waals surface area contributed by atoms with Crippen molar-refractivity contribution in [2.45, 2.75) is 38.9 Å². The Kier molecular flexibility index (Phi) is 5.49. The second kappa shape index (κ2) is 7.36. The Morgan fingerprint density at radius 3 is 2.70 bits per heavy atom. The number of hydrogen-bond donors (Lipinski definition) is 1. The van der Waals surface area contributed by atoms with E-state index in [1.54, 1.807) is 11.0 Å². The van der Waals surface area contributed by atoms with Crippen molar-refractivity contribution in [3.05, 3.63) is 28.9 Å². The lowest BCUT2D eigenvalue weighted by Crippen LogP contribution is -2.49. The molecule has 0 radical (unpaired) electrons. The smallest absolute Gasteiger partial charge is 0.341 e. The van der Waals surface area contributed by atoms with Gasteiger partial charge in [0, 0.05) is 38.1 Å². The van der Waals surface area contributed by atoms with Gasteiger partial charge in [-0.25, -0.2) is 9.78 Å². The number of hydrogen-bond acceptors (Lipinski definition) is 5. The van der Waals surface area contributed by atoms with E-state index in [2.05, 4.69) is 4.98 Å². The van der Waals surface area contributed by atoms with Crippen molar-refractivity contribution >= 4 is 11.8 Å². The molecule has 1 saturated heterocycles. The van der Waals surface area contributed by atoms with Crippen LogP contribution in [0.3, 0.4) is 0 Å². The monoisotopic (exact) mass is 321 g/mol. The summed E-state index contributed by atoms with van der Waals surface area (Å²) >= 11 is 0. The first-order valence-electron chi connectivity index (χ1n) is 7.83. The predicted molar refractivity (Wildman–Crippen MR) is 84.5 cm³/mol. The van der Waals surface area contributed by atoms with Gasteiger partial charge in [0.15, 0.2) is 0 Å². The van der Waals surface area contributed by atoms with E-state index in [0.717, 1.165) is 0 Å². The van der Waals surface area contributed by atoms with Gasteiger partial charge in [-0.05, 0) is 26.3 Å². The molecular formula is C15H23N5O3. The molecular weight excluding hydrogens is 298 g/mol. The van der Waals surface area contributed by atoms with E-state index >= 15 is 0 Å². The van der Waals surface area contributed by atoms with Crippen molar-refractivity contribution in [2.75, 3.05) is 19.6 Å². The minimum absolute atomic E-state index is 0.0881. The lowest BCUT2D eigenvalue weighted by molar-refractivity contribution is -0.144. The van der Waals surface area contributed by atoms with Crippen molar-refractivity contribution in [3.8, 4) is 0 Å². The van der Waals surface area contributed by atoms with Crippen LogP contribution in [-0.4, -0.2) is 62.9 Å². The van der Waals surface area contributed by atoms with Gasteiger partial charge in [0.25, 0.3) is 0 Å². The summed E-state index contributed by atoms with van der Waals surface area (Å²) in [6.07, 6.45) is 3.33. The third-order valence-electron chi connectivity index (χ3n) is 4.10. The maximum Gasteiger partial charge on any atom is 0.347 e. The topological polar surface area (TPSA) is 102 Å². The van der Waals surface area contributed by atoms with Gasteiger partial charge in [-0.1, -0.05) is 0 Å². The molecule has 0 aliphatic carbocycles. The van der Waals surface area contributed by atoms with Crippen LogP contribution in [0.15, 0.2) is 23.3 Å². The van der Waals surface area contributed by atoms with E-state index in [9.17, 15) is 14.4 Å². The minimum atomic E-state index is -0.551. The normalized spacial score (nSPS) is 20.6. The molecule has 2 amide bonds. The molecule has 1 aromatic heterocycles. The zero-order valence-electron chi connectivity index (χ0n) is 13.5. The fourth-order valence-corrected chi connectivity index (χ4v) is 2.87. The third kappa shape index (κ3) is 3.76. The highest BCUT2D eigenvalue weighted by molar-refractivity contribution is 5.88. The van der Waals surface area contributed by atoms with E-state index in [1.165, 1.54) is 21.9 Å². The molecule has 2 atom stereocenters. The maximum atomic E-state index is 12.6. The quantitative estimate of drug-likeness (QED) is 0.752. The maximum absolute atomic E-state index is 12.6. The average Bonchev–Trinajstić information content (AvgIpc) is 2.92. The number of nitrogens with zero attached hydrogens (tertiary/aromatic N) is 4.